The van der Waals surface area contributed by atoms with Gasteiger partial charge in [0.1, 0.15) is 6.54 Å². The number of carbonyl (C=O) groups is 2. The maximum absolute atomic E-state index is 13.5. The first-order valence-corrected chi connectivity index (χ1v) is 12.5. The number of rotatable bonds is 7. The van der Waals surface area contributed by atoms with Crippen LogP contribution >= 0.6 is 0 Å². The van der Waals surface area contributed by atoms with Crippen LogP contribution in [-0.4, -0.2) is 104 Å². The SMILES string of the molecule is COCCNC(=O)C1CN=CC(C2CC(C)C3C(=O)N(C4C=NN(CC(F)(F)F)C4)C(C)(C)C3=N2)C1. The van der Waals surface area contributed by atoms with E-state index in [0.717, 1.165) is 10.7 Å². The summed E-state index contributed by atoms with van der Waals surface area (Å²) in [7, 11) is 1.58. The molecule has 1 saturated heterocycles. The number of hydrazone groups is 1. The number of carbonyl (C=O) groups excluding carboxylic acids is 2. The van der Waals surface area contributed by atoms with Gasteiger partial charge in [0, 0.05) is 32.0 Å². The van der Waals surface area contributed by atoms with Crippen LogP contribution in [0.15, 0.2) is 15.1 Å². The Bertz CT molecular complexity index is 950. The molecule has 1 N–H and O–H groups in total. The van der Waals surface area contributed by atoms with Gasteiger partial charge in [0.25, 0.3) is 0 Å². The summed E-state index contributed by atoms with van der Waals surface area (Å²) in [5.74, 6) is -0.821. The molecule has 0 saturated carbocycles. The minimum absolute atomic E-state index is 0.00162. The molecule has 0 aromatic rings. The van der Waals surface area contributed by atoms with Crippen molar-refractivity contribution < 1.29 is 27.5 Å². The number of fused-ring (bicyclic) bond motifs is 1. The van der Waals surface area contributed by atoms with Gasteiger partial charge in [-0.25, -0.2) is 0 Å². The lowest BCUT2D eigenvalue weighted by atomic mass is 9.75. The Balaban J connectivity index is 1.50. The number of nitrogens with one attached hydrogen (secondary N) is 1. The van der Waals surface area contributed by atoms with Gasteiger partial charge in [-0.2, -0.15) is 18.3 Å². The standard InChI is InChI=1S/C24H35F3N6O3/c1-14-7-18(15-8-16(10-28-9-15)21(34)29-5-6-36-4)31-20-19(14)22(35)33(23(20,2)3)17-11-30-32(12-17)13-24(25,26)27/h9,11,14-19H,5-8,10,12-13H2,1-4H3,(H,29,34). The van der Waals surface area contributed by atoms with Crippen molar-refractivity contribution in [3.63, 3.8) is 0 Å². The Morgan fingerprint density at radius 3 is 2.72 bits per heavy atom. The molecule has 0 aromatic heterocycles. The molecule has 2 amide bonds. The van der Waals surface area contributed by atoms with Crippen LogP contribution in [0.2, 0.25) is 0 Å². The van der Waals surface area contributed by atoms with Gasteiger partial charge in [-0.1, -0.05) is 6.92 Å². The van der Waals surface area contributed by atoms with Gasteiger partial charge in [0.2, 0.25) is 11.8 Å². The highest BCUT2D eigenvalue weighted by Gasteiger charge is 2.57. The number of amides is 2. The van der Waals surface area contributed by atoms with Gasteiger partial charge in [0.05, 0.1) is 54.9 Å². The minimum atomic E-state index is -4.36. The smallest absolute Gasteiger partial charge is 0.383 e. The van der Waals surface area contributed by atoms with E-state index in [-0.39, 0.29) is 42.2 Å². The lowest BCUT2D eigenvalue weighted by Crippen LogP contribution is -2.53. The molecule has 0 bridgehead atoms. The van der Waals surface area contributed by atoms with Crippen LogP contribution < -0.4 is 5.32 Å². The van der Waals surface area contributed by atoms with Crippen LogP contribution in [0.25, 0.3) is 0 Å². The second-order valence-electron chi connectivity index (χ2n) is 10.7. The molecule has 12 heteroatoms. The van der Waals surface area contributed by atoms with E-state index in [2.05, 4.69) is 15.4 Å². The van der Waals surface area contributed by atoms with Gasteiger partial charge in [-0.15, -0.1) is 0 Å². The minimum Gasteiger partial charge on any atom is -0.383 e. The molecule has 200 valence electrons. The molecule has 0 aromatic carbocycles. The monoisotopic (exact) mass is 512 g/mol. The van der Waals surface area contributed by atoms with E-state index >= 15 is 0 Å². The largest absolute Gasteiger partial charge is 0.407 e. The molecule has 6 atom stereocenters. The Labute approximate surface area is 209 Å². The molecule has 4 aliphatic heterocycles. The van der Waals surface area contributed by atoms with Crippen LogP contribution in [0.1, 0.15) is 33.6 Å². The second kappa shape index (κ2) is 10.1. The second-order valence-corrected chi connectivity index (χ2v) is 10.7. The normalized spacial score (nSPS) is 33.6. The van der Waals surface area contributed by atoms with E-state index in [1.54, 1.807) is 12.0 Å². The summed E-state index contributed by atoms with van der Waals surface area (Å²) >= 11 is 0. The molecule has 0 spiro atoms. The Morgan fingerprint density at radius 1 is 1.28 bits per heavy atom. The fourth-order valence-electron chi connectivity index (χ4n) is 5.99. The van der Waals surface area contributed by atoms with Crippen molar-refractivity contribution in [1.29, 1.82) is 0 Å². The van der Waals surface area contributed by atoms with Gasteiger partial charge < -0.3 is 15.0 Å². The van der Waals surface area contributed by atoms with E-state index < -0.39 is 30.2 Å². The van der Waals surface area contributed by atoms with Crippen LogP contribution in [0.5, 0.6) is 0 Å². The molecule has 1 fully saturated rings. The Morgan fingerprint density at radius 2 is 2.03 bits per heavy atom. The zero-order valence-electron chi connectivity index (χ0n) is 21.2. The molecule has 36 heavy (non-hydrogen) atoms. The first-order chi connectivity index (χ1) is 16.9. The number of halogens is 3. The van der Waals surface area contributed by atoms with Crippen LogP contribution in [-0.2, 0) is 14.3 Å². The topological polar surface area (TPSA) is 99.0 Å². The summed E-state index contributed by atoms with van der Waals surface area (Å²) < 4.78 is 43.5. The van der Waals surface area contributed by atoms with Gasteiger partial charge >= 0.3 is 6.18 Å². The Hall–Kier alpha value is -2.50. The summed E-state index contributed by atoms with van der Waals surface area (Å²) in [5, 5.41) is 7.76. The third kappa shape index (κ3) is 5.28. The maximum atomic E-state index is 13.5. The summed E-state index contributed by atoms with van der Waals surface area (Å²) in [4.78, 5) is 37.3. The van der Waals surface area contributed by atoms with Crippen molar-refractivity contribution in [2.24, 2.45) is 38.8 Å². The molecule has 4 heterocycles. The highest BCUT2D eigenvalue weighted by atomic mass is 19.4. The van der Waals surface area contributed by atoms with Crippen LogP contribution in [0.3, 0.4) is 0 Å². The fourth-order valence-corrected chi connectivity index (χ4v) is 5.99. The number of alkyl halides is 3. The quantitative estimate of drug-likeness (QED) is 0.526. The van der Waals surface area contributed by atoms with Crippen molar-refractivity contribution in [3.05, 3.63) is 0 Å². The average molecular weight is 513 g/mol. The van der Waals surface area contributed by atoms with E-state index in [9.17, 15) is 22.8 Å². The van der Waals surface area contributed by atoms with Crippen molar-refractivity contribution >= 4 is 30.0 Å². The summed E-state index contributed by atoms with van der Waals surface area (Å²) in [6, 6.07) is -0.666. The molecular formula is C24H35F3N6O3. The molecule has 9 nitrogen and oxygen atoms in total. The third-order valence-electron chi connectivity index (χ3n) is 7.66. The summed E-state index contributed by atoms with van der Waals surface area (Å²) in [5.41, 5.74) is 0.00139. The molecule has 0 aliphatic carbocycles. The van der Waals surface area contributed by atoms with Crippen LogP contribution in [0.4, 0.5) is 13.2 Å². The van der Waals surface area contributed by atoms with E-state index in [1.807, 2.05) is 27.0 Å². The maximum Gasteiger partial charge on any atom is 0.407 e. The first-order valence-electron chi connectivity index (χ1n) is 12.5. The summed E-state index contributed by atoms with van der Waals surface area (Å²) in [6.45, 7) is 6.01. The number of methoxy groups -OCH3 is 1. The third-order valence-corrected chi connectivity index (χ3v) is 7.66. The van der Waals surface area contributed by atoms with Crippen molar-refractivity contribution in [1.82, 2.24) is 15.2 Å². The number of hydrogen-bond donors (Lipinski definition) is 1. The lowest BCUT2D eigenvalue weighted by Gasteiger charge is -2.38. The predicted molar refractivity (Wildman–Crippen MR) is 129 cm³/mol. The Kier molecular flexibility index (Phi) is 7.45. The average Bonchev–Trinajstić information content (AvgIpc) is 3.31. The van der Waals surface area contributed by atoms with Crippen LogP contribution in [0, 0.1) is 23.7 Å². The van der Waals surface area contributed by atoms with Crippen molar-refractivity contribution in [3.8, 4) is 0 Å². The van der Waals surface area contributed by atoms with Gasteiger partial charge in [-0.05, 0) is 32.6 Å². The molecule has 4 rings (SSSR count). The number of aliphatic imine (C=N–C) groups is 2. The van der Waals surface area contributed by atoms with Gasteiger partial charge in [-0.3, -0.25) is 24.6 Å². The predicted octanol–water partition coefficient (Wildman–Crippen LogP) is 1.77. The first kappa shape index (κ1) is 26.6. The number of nitrogens with zero attached hydrogens (tertiary/aromatic N) is 5. The lowest BCUT2D eigenvalue weighted by molar-refractivity contribution is -0.146. The molecule has 4 aliphatic rings. The zero-order valence-corrected chi connectivity index (χ0v) is 21.2. The number of ether oxygens (including phenoxy) is 1. The highest BCUT2D eigenvalue weighted by molar-refractivity contribution is 6.16. The molecule has 0 radical (unpaired) electrons. The fraction of sp³-hybridized carbons (Fsp3) is 0.792. The van der Waals surface area contributed by atoms with Crippen molar-refractivity contribution in [2.45, 2.75) is 57.4 Å². The number of hydrogen-bond acceptors (Lipinski definition) is 7. The zero-order chi connectivity index (χ0) is 26.3. The van der Waals surface area contributed by atoms with E-state index in [0.29, 0.717) is 32.5 Å². The molecule has 6 unspecified atom stereocenters. The van der Waals surface area contributed by atoms with E-state index in [1.165, 1.54) is 6.21 Å². The highest BCUT2D eigenvalue weighted by Crippen LogP contribution is 2.44. The van der Waals surface area contributed by atoms with E-state index in [4.69, 9.17) is 9.73 Å². The molecular weight excluding hydrogens is 477 g/mol. The summed E-state index contributed by atoms with van der Waals surface area (Å²) in [6.07, 6.45) is 0.266. The van der Waals surface area contributed by atoms with Gasteiger partial charge in [0.15, 0.2) is 0 Å². The van der Waals surface area contributed by atoms with Crippen molar-refractivity contribution in [2.75, 3.05) is 39.9 Å². The number of likely N-dealkylation sites (tertiary alicyclic amines) is 1.